The lowest BCUT2D eigenvalue weighted by Crippen LogP contribution is -2.06. The standard InChI is InChI=1S/C17H18O3/c1-5-8-14-15(11(2)18)17(20-4)13-10-7-6-9-12(13)16(14)19-3/h5-7,9-10H,1,8H2,2-4H3. The zero-order valence-corrected chi connectivity index (χ0v) is 12.0. The molecule has 104 valence electrons. The number of allylic oxidation sites excluding steroid dienone is 1. The molecule has 2 rings (SSSR count). The molecule has 0 fully saturated rings. The molecule has 2 aromatic carbocycles. The highest BCUT2D eigenvalue weighted by Gasteiger charge is 2.22. The van der Waals surface area contributed by atoms with Crippen molar-refractivity contribution in [2.75, 3.05) is 14.2 Å². The largest absolute Gasteiger partial charge is 0.496 e. The Kier molecular flexibility index (Phi) is 4.08. The molecule has 0 saturated heterocycles. The van der Waals surface area contributed by atoms with E-state index < -0.39 is 0 Å². The van der Waals surface area contributed by atoms with Gasteiger partial charge in [-0.25, -0.2) is 0 Å². The van der Waals surface area contributed by atoms with Gasteiger partial charge < -0.3 is 9.47 Å². The fourth-order valence-electron chi connectivity index (χ4n) is 2.58. The number of rotatable bonds is 5. The van der Waals surface area contributed by atoms with Crippen LogP contribution < -0.4 is 9.47 Å². The predicted octanol–water partition coefficient (Wildman–Crippen LogP) is 3.79. The maximum atomic E-state index is 12.1. The van der Waals surface area contributed by atoms with Crippen molar-refractivity contribution < 1.29 is 14.3 Å². The maximum Gasteiger partial charge on any atom is 0.163 e. The molecule has 0 saturated carbocycles. The van der Waals surface area contributed by atoms with Gasteiger partial charge in [0.15, 0.2) is 5.78 Å². The molecular formula is C17H18O3. The Labute approximate surface area is 118 Å². The Morgan fingerprint density at radius 3 is 2.15 bits per heavy atom. The summed E-state index contributed by atoms with van der Waals surface area (Å²) in [5.41, 5.74) is 1.40. The summed E-state index contributed by atoms with van der Waals surface area (Å²) in [6, 6.07) is 7.75. The third kappa shape index (κ3) is 2.16. The van der Waals surface area contributed by atoms with Crippen LogP contribution in [0.4, 0.5) is 0 Å². The van der Waals surface area contributed by atoms with E-state index >= 15 is 0 Å². The molecule has 0 radical (unpaired) electrons. The van der Waals surface area contributed by atoms with Gasteiger partial charge in [-0.05, 0) is 13.3 Å². The fraction of sp³-hybridized carbons (Fsp3) is 0.235. The molecule has 0 unspecified atom stereocenters. The number of hydrogen-bond acceptors (Lipinski definition) is 3. The molecule has 0 amide bonds. The van der Waals surface area contributed by atoms with Crippen LogP contribution in [0.25, 0.3) is 10.8 Å². The lowest BCUT2D eigenvalue weighted by Gasteiger charge is -2.18. The van der Waals surface area contributed by atoms with E-state index in [1.54, 1.807) is 27.2 Å². The van der Waals surface area contributed by atoms with Crippen molar-refractivity contribution in [2.24, 2.45) is 0 Å². The van der Waals surface area contributed by atoms with Crippen LogP contribution >= 0.6 is 0 Å². The van der Waals surface area contributed by atoms with Gasteiger partial charge in [-0.3, -0.25) is 4.79 Å². The Balaban J connectivity index is 3.00. The number of carbonyl (C=O) groups is 1. The molecule has 0 aromatic heterocycles. The summed E-state index contributed by atoms with van der Waals surface area (Å²) >= 11 is 0. The number of carbonyl (C=O) groups excluding carboxylic acids is 1. The molecule has 0 N–H and O–H groups in total. The van der Waals surface area contributed by atoms with Crippen LogP contribution in [0, 0.1) is 0 Å². The van der Waals surface area contributed by atoms with Crippen LogP contribution in [-0.2, 0) is 6.42 Å². The van der Waals surface area contributed by atoms with Crippen molar-refractivity contribution in [3.05, 3.63) is 48.0 Å². The summed E-state index contributed by atoms with van der Waals surface area (Å²) in [5.74, 6) is 1.28. The Hall–Kier alpha value is -2.29. The maximum absolute atomic E-state index is 12.1. The molecule has 0 aliphatic heterocycles. The number of hydrogen-bond donors (Lipinski definition) is 0. The van der Waals surface area contributed by atoms with Gasteiger partial charge in [0.05, 0.1) is 19.8 Å². The first-order chi connectivity index (χ1) is 9.65. The topological polar surface area (TPSA) is 35.5 Å². The Bertz CT molecular complexity index is 671. The third-order valence-electron chi connectivity index (χ3n) is 3.33. The summed E-state index contributed by atoms with van der Waals surface area (Å²) in [6.07, 6.45) is 2.32. The summed E-state index contributed by atoms with van der Waals surface area (Å²) in [4.78, 5) is 12.1. The van der Waals surface area contributed by atoms with E-state index in [0.29, 0.717) is 23.5 Å². The van der Waals surface area contributed by atoms with E-state index in [4.69, 9.17) is 9.47 Å². The molecule has 0 aliphatic rings. The molecule has 0 heterocycles. The second-order valence-corrected chi connectivity index (χ2v) is 4.51. The third-order valence-corrected chi connectivity index (χ3v) is 3.33. The number of methoxy groups -OCH3 is 2. The summed E-state index contributed by atoms with van der Waals surface area (Å²) < 4.78 is 11.0. The molecule has 3 heteroatoms. The van der Waals surface area contributed by atoms with Crippen molar-refractivity contribution >= 4 is 16.6 Å². The first kappa shape index (κ1) is 14.1. The van der Waals surface area contributed by atoms with Crippen LogP contribution in [0.2, 0.25) is 0 Å². The Morgan fingerprint density at radius 1 is 1.15 bits per heavy atom. The van der Waals surface area contributed by atoms with Gasteiger partial charge in [0, 0.05) is 16.3 Å². The van der Waals surface area contributed by atoms with Crippen LogP contribution in [0.5, 0.6) is 11.5 Å². The van der Waals surface area contributed by atoms with E-state index in [1.165, 1.54) is 0 Å². The minimum absolute atomic E-state index is 0.0391. The zero-order valence-electron chi connectivity index (χ0n) is 12.0. The predicted molar refractivity (Wildman–Crippen MR) is 81.0 cm³/mol. The summed E-state index contributed by atoms with van der Waals surface area (Å²) in [5, 5.41) is 1.82. The first-order valence-electron chi connectivity index (χ1n) is 6.43. The van der Waals surface area contributed by atoms with Crippen LogP contribution in [0.15, 0.2) is 36.9 Å². The van der Waals surface area contributed by atoms with Crippen molar-refractivity contribution in [3.8, 4) is 11.5 Å². The first-order valence-corrected chi connectivity index (χ1v) is 6.43. The van der Waals surface area contributed by atoms with Gasteiger partial charge in [-0.15, -0.1) is 6.58 Å². The summed E-state index contributed by atoms with van der Waals surface area (Å²) in [7, 11) is 3.20. The average Bonchev–Trinajstić information content (AvgIpc) is 2.45. The lowest BCUT2D eigenvalue weighted by atomic mass is 9.93. The second kappa shape index (κ2) is 5.78. The molecule has 0 spiro atoms. The van der Waals surface area contributed by atoms with E-state index in [2.05, 4.69) is 6.58 Å². The minimum Gasteiger partial charge on any atom is -0.496 e. The monoisotopic (exact) mass is 270 g/mol. The van der Waals surface area contributed by atoms with Gasteiger partial charge in [0.1, 0.15) is 11.5 Å². The highest BCUT2D eigenvalue weighted by molar-refractivity contribution is 6.08. The van der Waals surface area contributed by atoms with E-state index in [1.807, 2.05) is 24.3 Å². The van der Waals surface area contributed by atoms with Crippen LogP contribution in [0.1, 0.15) is 22.8 Å². The second-order valence-electron chi connectivity index (χ2n) is 4.51. The van der Waals surface area contributed by atoms with Gasteiger partial charge in [0.25, 0.3) is 0 Å². The van der Waals surface area contributed by atoms with Gasteiger partial charge in [0.2, 0.25) is 0 Å². The smallest absolute Gasteiger partial charge is 0.163 e. The highest BCUT2D eigenvalue weighted by Crippen LogP contribution is 2.41. The van der Waals surface area contributed by atoms with Crippen LogP contribution in [-0.4, -0.2) is 20.0 Å². The normalized spacial score (nSPS) is 10.3. The number of benzene rings is 2. The molecule has 3 nitrogen and oxygen atoms in total. The minimum atomic E-state index is -0.0391. The highest BCUT2D eigenvalue weighted by atomic mass is 16.5. The molecular weight excluding hydrogens is 252 g/mol. The van der Waals surface area contributed by atoms with Crippen molar-refractivity contribution in [3.63, 3.8) is 0 Å². The van der Waals surface area contributed by atoms with Gasteiger partial charge in [-0.2, -0.15) is 0 Å². The van der Waals surface area contributed by atoms with Crippen LogP contribution in [0.3, 0.4) is 0 Å². The van der Waals surface area contributed by atoms with E-state index in [9.17, 15) is 4.79 Å². The zero-order chi connectivity index (χ0) is 14.7. The van der Waals surface area contributed by atoms with Crippen molar-refractivity contribution in [1.29, 1.82) is 0 Å². The van der Waals surface area contributed by atoms with E-state index in [0.717, 1.165) is 16.3 Å². The number of ketones is 1. The molecule has 2 aromatic rings. The molecule has 20 heavy (non-hydrogen) atoms. The fourth-order valence-corrected chi connectivity index (χ4v) is 2.58. The SMILES string of the molecule is C=CCc1c(C(C)=O)c(OC)c2ccccc2c1OC. The number of Topliss-reactive ketones (excluding diaryl/α,β-unsaturated/α-hetero) is 1. The molecule has 0 bridgehead atoms. The van der Waals surface area contributed by atoms with Crippen molar-refractivity contribution in [1.82, 2.24) is 0 Å². The van der Waals surface area contributed by atoms with Gasteiger partial charge >= 0.3 is 0 Å². The molecule has 0 aliphatic carbocycles. The molecule has 0 atom stereocenters. The lowest BCUT2D eigenvalue weighted by molar-refractivity contribution is 0.101. The number of ether oxygens (including phenoxy) is 2. The average molecular weight is 270 g/mol. The quantitative estimate of drug-likeness (QED) is 0.612. The van der Waals surface area contributed by atoms with Gasteiger partial charge in [-0.1, -0.05) is 30.3 Å². The number of fused-ring (bicyclic) bond motifs is 1. The Morgan fingerprint density at radius 2 is 1.70 bits per heavy atom. The van der Waals surface area contributed by atoms with E-state index in [-0.39, 0.29) is 5.78 Å². The van der Waals surface area contributed by atoms with Crippen molar-refractivity contribution in [2.45, 2.75) is 13.3 Å². The summed E-state index contributed by atoms with van der Waals surface area (Å²) in [6.45, 7) is 5.30.